The predicted octanol–water partition coefficient (Wildman–Crippen LogP) is 22.9. The number of rotatable bonds is 34. The molecule has 0 aliphatic carbocycles. The van der Waals surface area contributed by atoms with E-state index in [1.54, 1.807) is 58.9 Å². The van der Waals surface area contributed by atoms with Gasteiger partial charge in [0, 0.05) is 154 Å². The van der Waals surface area contributed by atoms with E-state index < -0.39 is 84.4 Å². The van der Waals surface area contributed by atoms with Gasteiger partial charge in [-0.05, 0) is 111 Å². The van der Waals surface area contributed by atoms with Gasteiger partial charge in [0.2, 0.25) is 17.7 Å². The maximum Gasteiger partial charge on any atom is 0.416 e. The van der Waals surface area contributed by atoms with E-state index in [2.05, 4.69) is 86.6 Å². The molecule has 12 aromatic rings. The van der Waals surface area contributed by atoms with E-state index in [1.807, 2.05) is 23.9 Å². The Morgan fingerprint density at radius 1 is 0.433 bits per heavy atom. The third kappa shape index (κ3) is 40.3. The number of quaternary nitrogens is 1. The van der Waals surface area contributed by atoms with Gasteiger partial charge in [0.15, 0.2) is 20.5 Å². The molecule has 0 radical (unpaired) electrons. The molecule has 0 unspecified atom stereocenters. The lowest BCUT2D eigenvalue weighted by atomic mass is 10.1. The number of likely N-dealkylation sites (N-methyl/N-ethyl adjacent to an activating group) is 2. The average Bonchev–Trinajstić information content (AvgIpc) is 1.71. The van der Waals surface area contributed by atoms with E-state index in [4.69, 9.17) is 15.9 Å². The number of nitrogens with zero attached hydrogens (tertiary/aromatic N) is 13. The van der Waals surface area contributed by atoms with Crippen LogP contribution in [0.5, 0.6) is 0 Å². The molecule has 3 amide bonds. The van der Waals surface area contributed by atoms with Gasteiger partial charge in [0.25, 0.3) is 22.7 Å². The number of unbranched alkanes of at least 4 members (excludes halogenated alkanes) is 1. The Hall–Kier alpha value is -10.6. The maximum atomic E-state index is 13.4. The van der Waals surface area contributed by atoms with Crippen molar-refractivity contribution in [2.45, 2.75) is 97.8 Å². The highest BCUT2D eigenvalue weighted by Gasteiger charge is 2.37. The third-order valence-electron chi connectivity index (χ3n) is 18.9. The molecule has 0 spiro atoms. The van der Waals surface area contributed by atoms with Crippen LogP contribution < -0.4 is 49.7 Å². The Balaban J connectivity index is 0.000000466. The molecule has 0 aliphatic heterocycles. The number of aliphatic hydroxyl groups excluding tert-OH is 3. The van der Waals surface area contributed by atoms with Gasteiger partial charge in [-0.15, -0.1) is 45.3 Å². The van der Waals surface area contributed by atoms with Gasteiger partial charge < -0.3 is 59.7 Å². The Morgan fingerprint density at radius 2 is 0.745 bits per heavy atom. The summed E-state index contributed by atoms with van der Waals surface area (Å²) in [4.78, 5) is 106. The summed E-state index contributed by atoms with van der Waals surface area (Å²) in [6, 6.07) is 41.6. The first-order valence-corrected chi connectivity index (χ1v) is 49.1. The van der Waals surface area contributed by atoms with Gasteiger partial charge in [-0.3, -0.25) is 69.5 Å². The summed E-state index contributed by atoms with van der Waals surface area (Å²) in [5, 5.41) is 82.0. The lowest BCUT2D eigenvalue weighted by Crippen LogP contribution is -3.00. The van der Waals surface area contributed by atoms with Gasteiger partial charge in [-0.1, -0.05) is 155 Å². The van der Waals surface area contributed by atoms with E-state index in [9.17, 15) is 113 Å². The zero-order chi connectivity index (χ0) is 102. The highest BCUT2D eigenvalue weighted by atomic mass is 127. The van der Waals surface area contributed by atoms with Crippen molar-refractivity contribution in [2.75, 3.05) is 109 Å². The number of anilines is 8. The van der Waals surface area contributed by atoms with Crippen LogP contribution in [-0.2, 0) is 39.1 Å². The van der Waals surface area contributed by atoms with E-state index >= 15 is 0 Å². The van der Waals surface area contributed by atoms with Crippen LogP contribution in [0.2, 0.25) is 0 Å². The summed E-state index contributed by atoms with van der Waals surface area (Å²) in [5.74, 6) is -1.28. The first-order chi connectivity index (χ1) is 65.4. The Morgan fingerprint density at radius 3 is 1.04 bits per heavy atom. The van der Waals surface area contributed by atoms with Gasteiger partial charge in [-0.2, -0.15) is 52.7 Å². The van der Waals surface area contributed by atoms with Gasteiger partial charge in [0.05, 0.1) is 116 Å². The summed E-state index contributed by atoms with van der Waals surface area (Å²) < 4.78 is 158. The third-order valence-corrected chi connectivity index (χ3v) is 23.1. The SMILES string of the molecule is C.C.CCCCO.CI.CN(CCO)CCCC(=O)N(c1cccc(C(F)(F)F)c1)c1nc(-c2cccc([N+](=O)[O-])c2)cs1.C[N+](C)(CCO)CCCC(=O)N(c1cccc(C(F)(F)F)c1)c1nc(-c2cccc([N+](=O)[O-])c2)cs1.NCCBr.O=C(CCCBr)N(c1cccc(C(F)(F)F)c1)c1nc(-c2cccc([N+](=O)[O-])c2)cs1.O=[N+]([O-])c1cccc(-c2csc(Nc3cccc(C(F)(F)F)c3)n2)c1.[I-]. The fraction of sp³-hybridized carbons (Fsp3) is 0.315. The summed E-state index contributed by atoms with van der Waals surface area (Å²) in [7, 11) is 5.62. The summed E-state index contributed by atoms with van der Waals surface area (Å²) in [5.41, 5.74) is 5.02. The molecule has 29 nitrogen and oxygen atoms in total. The molecule has 0 atom stereocenters. The minimum atomic E-state index is -4.59. The van der Waals surface area contributed by atoms with Gasteiger partial charge in [0.1, 0.15) is 6.54 Å². The number of halogens is 16. The molecule has 0 saturated carbocycles. The van der Waals surface area contributed by atoms with E-state index in [0.717, 1.165) is 122 Å². The zero-order valence-corrected chi connectivity index (χ0v) is 85.2. The predicted molar refractivity (Wildman–Crippen MR) is 541 cm³/mol. The number of aromatic nitrogens is 4. The number of hydrogen-bond acceptors (Lipinski definition) is 25. The van der Waals surface area contributed by atoms with Crippen LogP contribution in [0.1, 0.15) is 95.4 Å². The molecule has 12 rings (SSSR count). The van der Waals surface area contributed by atoms with Crippen LogP contribution in [-0.4, -0.2) is 171 Å². The summed E-state index contributed by atoms with van der Waals surface area (Å²) in [6.07, 6.45) is -14.6. The Kier molecular flexibility index (Phi) is 53.7. The number of nitrogens with two attached hydrogens (primary N) is 1. The summed E-state index contributed by atoms with van der Waals surface area (Å²) >= 11 is 12.9. The minimum Gasteiger partial charge on any atom is -1.00 e. The van der Waals surface area contributed by atoms with Crippen LogP contribution in [0, 0.1) is 40.5 Å². The highest BCUT2D eigenvalue weighted by molar-refractivity contribution is 14.1. The number of amides is 3. The number of non-ortho nitro benzene ring substituents is 4. The molecule has 4 heterocycles. The largest absolute Gasteiger partial charge is 1.00 e. The number of nitro benzene ring substituents is 4. The number of benzene rings is 8. The maximum absolute atomic E-state index is 13.4. The number of nitro groups is 4. The Labute approximate surface area is 868 Å². The number of carbonyl (C=O) groups is 3. The van der Waals surface area contributed by atoms with Crippen LogP contribution in [0.3, 0.4) is 0 Å². The summed E-state index contributed by atoms with van der Waals surface area (Å²) in [6.45, 7) is 5.14. The van der Waals surface area contributed by atoms with Crippen LogP contribution in [0.25, 0.3) is 45.0 Å². The fourth-order valence-corrected chi connectivity index (χ4v) is 15.7. The van der Waals surface area contributed by atoms with Crippen molar-refractivity contribution >= 4 is 184 Å². The smallest absolute Gasteiger partial charge is 0.416 e. The van der Waals surface area contributed by atoms with Crippen LogP contribution in [0.15, 0.2) is 216 Å². The number of carbonyl (C=O) groups excluding carboxylic acids is 3. The van der Waals surface area contributed by atoms with Crippen molar-refractivity contribution in [3.63, 3.8) is 0 Å². The normalized spacial score (nSPS) is 11.0. The quantitative estimate of drug-likeness (QED) is 0.00624. The first kappa shape index (κ1) is 125. The van der Waals surface area contributed by atoms with Crippen molar-refractivity contribution in [3.8, 4) is 45.0 Å². The molecule has 49 heteroatoms. The van der Waals surface area contributed by atoms with E-state index in [0.29, 0.717) is 112 Å². The molecule has 764 valence electrons. The molecule has 141 heavy (non-hydrogen) atoms. The van der Waals surface area contributed by atoms with E-state index in [-0.39, 0.29) is 132 Å². The number of nitrogens with one attached hydrogen (secondary N) is 1. The number of thiazole rings is 4. The van der Waals surface area contributed by atoms with Crippen molar-refractivity contribution in [2.24, 2.45) is 5.73 Å². The number of alkyl halides is 15. The number of aliphatic hydroxyl groups is 3. The van der Waals surface area contributed by atoms with Gasteiger partial charge in [-0.25, -0.2) is 19.9 Å². The average molecular weight is 2410 g/mol. The lowest BCUT2D eigenvalue weighted by molar-refractivity contribution is -0.890. The standard InChI is InChI=1S/C24H26F3N4O4S.C23H23F3N4O4S.C20H15BrF3N3O3S.C16H10F3N3O2S.C4H10O.C2H6BrN.CH3I.2CH4.HI/c1-31(2,12-13-32)11-5-10-22(33)29(19-8-4-7-18(15-19)24(25,26)27)23-28-21(16-36-23)17-6-3-9-20(14-17)30(34)35;1-28(11-12-31)10-4-9-21(32)29(18-7-3-6-17(14-18)23(24,25)26)22-27-20(15-35-22)16-5-2-8-19(13-16)30(33)34;21-9-3-8-18(28)26(15-6-2-5-14(11-15)20(22,23)24)19-25-17(12-31-19)13-4-1-7-16(10-13)27(29)30;17-16(18,19)11-4-2-5-12(8-11)20-15-21-14(9-25-15)10-3-1-6-13(7-10)22(23)24;1-2-3-4-5;3-1-2-4;1-2;;;/h3-4,6-9,14-16,32H,5,10-13H2,1-2H3;2-3,5-8,13-15,31H,4,9-12H2,1H3;1-2,4-7,10-12H,3,8-9H2;1-9H,(H,20,21);5H,2-4H2,1H3;1-2,4H2;1H3;2*1H4;1H/q+1;;;;;;;;;/p-1. The molecule has 4 aromatic heterocycles. The molecular weight excluding hydrogens is 2310 g/mol. The lowest BCUT2D eigenvalue weighted by Gasteiger charge is -2.29. The fourth-order valence-electron chi connectivity index (χ4n) is 12.1. The molecule has 8 aromatic carbocycles. The molecule has 0 bridgehead atoms. The van der Waals surface area contributed by atoms with Crippen molar-refractivity contribution < 1.29 is 131 Å². The molecular formula is C92H101Br2F12I2N15O14S4. The van der Waals surface area contributed by atoms with Crippen molar-refractivity contribution in [1.29, 1.82) is 0 Å². The number of hydrogen-bond donors (Lipinski definition) is 5. The molecule has 0 fully saturated rings. The molecule has 6 N–H and O–H groups in total. The highest BCUT2D eigenvalue weighted by Crippen LogP contribution is 2.43. The second-order valence-corrected chi connectivity index (χ2v) is 34.5. The van der Waals surface area contributed by atoms with Crippen LogP contribution >= 0.6 is 99.8 Å². The van der Waals surface area contributed by atoms with Crippen LogP contribution in [0.4, 0.5) is 119 Å². The topological polar surface area (TPSA) is 387 Å². The second kappa shape index (κ2) is 60.8. The van der Waals surface area contributed by atoms with Crippen molar-refractivity contribution in [3.05, 3.63) is 278 Å². The second-order valence-electron chi connectivity index (χ2n) is 29.5. The first-order valence-electron chi connectivity index (χ1n) is 41.2. The zero-order valence-electron chi connectivity index (χ0n) is 74.4. The van der Waals surface area contributed by atoms with Gasteiger partial charge >= 0.3 is 24.7 Å². The monoisotopic (exact) mass is 2410 g/mol. The van der Waals surface area contributed by atoms with Crippen molar-refractivity contribution in [1.82, 2.24) is 24.8 Å². The molecule has 0 saturated heterocycles. The minimum absolute atomic E-state index is 0. The van der Waals surface area contributed by atoms with E-state index in [1.165, 1.54) is 127 Å². The molecule has 0 aliphatic rings. The Bertz CT molecular complexity index is 5970.